The molecule has 5 rings (SSSR count). The van der Waals surface area contributed by atoms with Gasteiger partial charge in [-0.2, -0.15) is 0 Å². The van der Waals surface area contributed by atoms with Crippen LogP contribution in [0.25, 0.3) is 5.65 Å². The van der Waals surface area contributed by atoms with Crippen molar-refractivity contribution in [2.24, 2.45) is 11.8 Å². The van der Waals surface area contributed by atoms with E-state index in [2.05, 4.69) is 25.9 Å². The van der Waals surface area contributed by atoms with E-state index in [0.717, 1.165) is 36.5 Å². The second-order valence-corrected chi connectivity index (χ2v) is 7.18. The van der Waals surface area contributed by atoms with Crippen LogP contribution in [-0.4, -0.2) is 55.2 Å². The molecule has 3 heterocycles. The summed E-state index contributed by atoms with van der Waals surface area (Å²) in [5, 5.41) is 19.1. The molecule has 1 aliphatic heterocycles. The molecular formula is C18H19N7O. The number of benzene rings is 1. The second kappa shape index (κ2) is 5.76. The minimum Gasteiger partial charge on any atom is -0.365 e. The normalized spacial score (nSPS) is 24.3. The van der Waals surface area contributed by atoms with Crippen LogP contribution in [0, 0.1) is 18.8 Å². The quantitative estimate of drug-likeness (QED) is 0.769. The highest BCUT2D eigenvalue weighted by Gasteiger charge is 2.48. The summed E-state index contributed by atoms with van der Waals surface area (Å²) < 4.78 is 1.42. The van der Waals surface area contributed by atoms with E-state index in [1.807, 2.05) is 48.2 Å². The fourth-order valence-electron chi connectivity index (χ4n) is 4.14. The Hall–Kier alpha value is -3.03. The molecule has 132 valence electrons. The van der Waals surface area contributed by atoms with Gasteiger partial charge in [0.05, 0.1) is 0 Å². The van der Waals surface area contributed by atoms with Crippen LogP contribution in [0.1, 0.15) is 22.3 Å². The zero-order valence-electron chi connectivity index (χ0n) is 14.4. The number of nitrogens with zero attached hydrogens (tertiary/aromatic N) is 6. The Balaban J connectivity index is 1.27. The summed E-state index contributed by atoms with van der Waals surface area (Å²) >= 11 is 0. The van der Waals surface area contributed by atoms with Crippen molar-refractivity contribution in [2.45, 2.75) is 19.4 Å². The molecule has 2 aliphatic rings. The second-order valence-electron chi connectivity index (χ2n) is 7.18. The van der Waals surface area contributed by atoms with Gasteiger partial charge >= 0.3 is 0 Å². The van der Waals surface area contributed by atoms with E-state index in [-0.39, 0.29) is 5.91 Å². The Kier molecular flexibility index (Phi) is 3.37. The summed E-state index contributed by atoms with van der Waals surface area (Å²) in [6.07, 6.45) is 1.05. The van der Waals surface area contributed by atoms with Crippen molar-refractivity contribution in [1.82, 2.24) is 30.2 Å². The number of rotatable bonds is 3. The maximum atomic E-state index is 12.8. The molecule has 2 aromatic heterocycles. The van der Waals surface area contributed by atoms with Crippen molar-refractivity contribution in [2.75, 3.05) is 18.4 Å². The zero-order chi connectivity index (χ0) is 17.7. The highest BCUT2D eigenvalue weighted by Crippen LogP contribution is 2.42. The summed E-state index contributed by atoms with van der Waals surface area (Å²) in [5.41, 5.74) is 2.47. The molecule has 1 aliphatic carbocycles. The number of carbonyl (C=O) groups excluding carboxylic acids is 1. The smallest absolute Gasteiger partial charge is 0.254 e. The van der Waals surface area contributed by atoms with E-state index in [0.29, 0.717) is 23.5 Å². The van der Waals surface area contributed by atoms with Gasteiger partial charge in [-0.05, 0) is 53.5 Å². The molecule has 3 atom stereocenters. The lowest BCUT2D eigenvalue weighted by molar-refractivity contribution is 0.0786. The Bertz CT molecular complexity index is 984. The first-order valence-corrected chi connectivity index (χ1v) is 8.86. The van der Waals surface area contributed by atoms with Gasteiger partial charge in [-0.15, -0.1) is 14.8 Å². The molecule has 1 saturated carbocycles. The van der Waals surface area contributed by atoms with E-state index in [4.69, 9.17) is 0 Å². The number of tetrazole rings is 1. The van der Waals surface area contributed by atoms with Gasteiger partial charge in [-0.25, -0.2) is 0 Å². The highest BCUT2D eigenvalue weighted by atomic mass is 16.2. The summed E-state index contributed by atoms with van der Waals surface area (Å²) in [5.74, 6) is 1.94. The average molecular weight is 349 g/mol. The van der Waals surface area contributed by atoms with Crippen LogP contribution in [-0.2, 0) is 0 Å². The number of hydrogen-bond donors (Lipinski definition) is 1. The van der Waals surface area contributed by atoms with Crippen LogP contribution >= 0.6 is 0 Å². The van der Waals surface area contributed by atoms with Gasteiger partial charge in [-0.3, -0.25) is 4.79 Å². The maximum absolute atomic E-state index is 12.8. The highest BCUT2D eigenvalue weighted by molar-refractivity contribution is 5.95. The van der Waals surface area contributed by atoms with Crippen LogP contribution in [0.4, 0.5) is 5.82 Å². The fourth-order valence-corrected chi connectivity index (χ4v) is 4.14. The number of amides is 1. The Morgan fingerprint density at radius 3 is 2.96 bits per heavy atom. The molecule has 1 amide bonds. The van der Waals surface area contributed by atoms with Crippen molar-refractivity contribution in [1.29, 1.82) is 0 Å². The van der Waals surface area contributed by atoms with Crippen molar-refractivity contribution in [3.05, 3.63) is 47.5 Å². The molecule has 1 saturated heterocycles. The number of aromatic nitrogens is 5. The van der Waals surface area contributed by atoms with E-state index >= 15 is 0 Å². The minimum atomic E-state index is 0.143. The summed E-state index contributed by atoms with van der Waals surface area (Å²) in [7, 11) is 0. The van der Waals surface area contributed by atoms with E-state index < -0.39 is 0 Å². The SMILES string of the molecule is Cc1ccccc1C(=O)N1CC2CC(Nc3ccc4nnnn4n3)C2C1. The summed E-state index contributed by atoms with van der Waals surface area (Å²) in [6.45, 7) is 3.63. The van der Waals surface area contributed by atoms with Gasteiger partial charge in [0.2, 0.25) is 0 Å². The van der Waals surface area contributed by atoms with Crippen LogP contribution < -0.4 is 5.32 Å². The van der Waals surface area contributed by atoms with Crippen molar-refractivity contribution < 1.29 is 4.79 Å². The Labute approximate surface area is 150 Å². The lowest BCUT2D eigenvalue weighted by atomic mass is 9.71. The van der Waals surface area contributed by atoms with Crippen molar-refractivity contribution in [3.63, 3.8) is 0 Å². The molecular weight excluding hydrogens is 330 g/mol. The van der Waals surface area contributed by atoms with Crippen LogP contribution in [0.3, 0.4) is 0 Å². The third-order valence-corrected chi connectivity index (χ3v) is 5.63. The number of likely N-dealkylation sites (tertiary alicyclic amines) is 1. The maximum Gasteiger partial charge on any atom is 0.254 e. The number of aryl methyl sites for hydroxylation is 1. The summed E-state index contributed by atoms with van der Waals surface area (Å²) in [4.78, 5) is 14.8. The van der Waals surface area contributed by atoms with Gasteiger partial charge in [-0.1, -0.05) is 18.2 Å². The monoisotopic (exact) mass is 349 g/mol. The van der Waals surface area contributed by atoms with Gasteiger partial charge in [0, 0.05) is 30.6 Å². The predicted molar refractivity (Wildman–Crippen MR) is 94.7 cm³/mol. The first kappa shape index (κ1) is 15.2. The number of hydrogen-bond acceptors (Lipinski definition) is 6. The molecule has 8 nitrogen and oxygen atoms in total. The van der Waals surface area contributed by atoms with Crippen molar-refractivity contribution >= 4 is 17.4 Å². The number of fused-ring (bicyclic) bond motifs is 2. The topological polar surface area (TPSA) is 88.3 Å². The molecule has 26 heavy (non-hydrogen) atoms. The minimum absolute atomic E-state index is 0.143. The van der Waals surface area contributed by atoms with Gasteiger partial charge in [0.15, 0.2) is 5.65 Å². The van der Waals surface area contributed by atoms with Crippen LogP contribution in [0.5, 0.6) is 0 Å². The third-order valence-electron chi connectivity index (χ3n) is 5.63. The van der Waals surface area contributed by atoms with Crippen LogP contribution in [0.2, 0.25) is 0 Å². The first-order valence-electron chi connectivity index (χ1n) is 8.86. The molecule has 0 spiro atoms. The summed E-state index contributed by atoms with van der Waals surface area (Å²) in [6, 6.07) is 11.9. The largest absolute Gasteiger partial charge is 0.365 e. The lowest BCUT2D eigenvalue weighted by Crippen LogP contribution is -2.45. The van der Waals surface area contributed by atoms with Gasteiger partial charge < -0.3 is 10.2 Å². The molecule has 8 heteroatoms. The molecule has 0 bridgehead atoms. The number of nitrogens with one attached hydrogen (secondary N) is 1. The molecule has 1 N–H and O–H groups in total. The molecule has 2 fully saturated rings. The Morgan fingerprint density at radius 2 is 2.08 bits per heavy atom. The lowest BCUT2D eigenvalue weighted by Gasteiger charge is -2.39. The van der Waals surface area contributed by atoms with Crippen molar-refractivity contribution in [3.8, 4) is 0 Å². The molecule has 1 aromatic carbocycles. The third kappa shape index (κ3) is 2.40. The molecule has 0 radical (unpaired) electrons. The number of anilines is 1. The number of carbonyl (C=O) groups is 1. The van der Waals surface area contributed by atoms with E-state index in [1.54, 1.807) is 0 Å². The van der Waals surface area contributed by atoms with E-state index in [9.17, 15) is 4.79 Å². The molecule has 3 aromatic rings. The van der Waals surface area contributed by atoms with E-state index in [1.165, 1.54) is 4.63 Å². The predicted octanol–water partition coefficient (Wildman–Crippen LogP) is 1.40. The molecule has 3 unspecified atom stereocenters. The fraction of sp³-hybridized carbons (Fsp3) is 0.389. The average Bonchev–Trinajstić information content (AvgIpc) is 3.23. The van der Waals surface area contributed by atoms with Gasteiger partial charge in [0.25, 0.3) is 5.91 Å². The first-order chi connectivity index (χ1) is 12.7. The van der Waals surface area contributed by atoms with Gasteiger partial charge in [0.1, 0.15) is 5.82 Å². The zero-order valence-corrected chi connectivity index (χ0v) is 14.4. The standard InChI is InChI=1S/C18H19N7O/c1-11-4-2-3-5-13(11)18(26)24-9-12-8-15(14(12)10-24)19-16-6-7-17-20-22-23-25(17)21-16/h2-7,12,14-15H,8-10H2,1H3,(H,19,21). The van der Waals surface area contributed by atoms with Crippen LogP contribution in [0.15, 0.2) is 36.4 Å². The Morgan fingerprint density at radius 1 is 1.19 bits per heavy atom.